The summed E-state index contributed by atoms with van der Waals surface area (Å²) in [6, 6.07) is 15.8. The quantitative estimate of drug-likeness (QED) is 0.342. The first kappa shape index (κ1) is 17.4. The van der Waals surface area contributed by atoms with Crippen molar-refractivity contribution in [2.75, 3.05) is 5.32 Å². The number of carbonyl (C=O) groups is 1. The number of hydrogen-bond acceptors (Lipinski definition) is 6. The number of rotatable bonds is 4. The molecule has 0 aliphatic rings. The molecule has 1 N–H and O–H groups in total. The molecule has 5 rings (SSSR count). The van der Waals surface area contributed by atoms with Gasteiger partial charge in [0.2, 0.25) is 0 Å². The van der Waals surface area contributed by atoms with Crippen LogP contribution in [0.4, 0.5) is 5.13 Å². The van der Waals surface area contributed by atoms with Crippen LogP contribution < -0.4 is 5.32 Å². The molecule has 138 valence electrons. The van der Waals surface area contributed by atoms with E-state index in [9.17, 15) is 4.79 Å². The minimum absolute atomic E-state index is 0.280. The Morgan fingerprint density at radius 1 is 1.00 bits per heavy atom. The van der Waals surface area contributed by atoms with E-state index in [1.165, 1.54) is 11.3 Å². The van der Waals surface area contributed by atoms with Crippen molar-refractivity contribution in [3.63, 3.8) is 0 Å². The Morgan fingerprint density at radius 3 is 2.46 bits per heavy atom. The molecular formula is C21H14N2O2S3. The van der Waals surface area contributed by atoms with Gasteiger partial charge in [-0.05, 0) is 35.9 Å². The molecule has 0 aliphatic carbocycles. The highest BCUT2D eigenvalue weighted by Crippen LogP contribution is 2.42. The molecule has 0 fully saturated rings. The number of carbonyl (C=O) groups excluding carboxylic acids is 1. The molecular weight excluding hydrogens is 408 g/mol. The summed E-state index contributed by atoms with van der Waals surface area (Å²) in [5, 5.41) is 8.52. The lowest BCUT2D eigenvalue weighted by Gasteiger charge is -1.99. The fraction of sp³-hybridized carbons (Fsp3) is 0.0476. The molecule has 5 aromatic rings. The summed E-state index contributed by atoms with van der Waals surface area (Å²) in [5.74, 6) is 0.0460. The van der Waals surface area contributed by atoms with Crippen LogP contribution in [-0.2, 0) is 0 Å². The molecule has 0 bridgehead atoms. The molecule has 1 aromatic carbocycles. The van der Waals surface area contributed by atoms with Crippen molar-refractivity contribution >= 4 is 56.0 Å². The second kappa shape index (κ2) is 7.01. The van der Waals surface area contributed by atoms with Gasteiger partial charge in [-0.1, -0.05) is 41.7 Å². The number of hydrogen-bond donors (Lipinski definition) is 1. The van der Waals surface area contributed by atoms with Crippen LogP contribution >= 0.6 is 34.0 Å². The first-order valence-electron chi connectivity index (χ1n) is 8.59. The maximum Gasteiger partial charge on any atom is 0.293 e. The van der Waals surface area contributed by atoms with Gasteiger partial charge in [0.25, 0.3) is 5.91 Å². The Balaban J connectivity index is 1.52. The average molecular weight is 423 g/mol. The molecule has 4 aromatic heterocycles. The molecule has 0 aliphatic heterocycles. The summed E-state index contributed by atoms with van der Waals surface area (Å²) in [6.07, 6.45) is 0. The zero-order chi connectivity index (χ0) is 19.1. The summed E-state index contributed by atoms with van der Waals surface area (Å²) >= 11 is 4.79. The molecule has 4 nitrogen and oxygen atoms in total. The predicted molar refractivity (Wildman–Crippen MR) is 118 cm³/mol. The highest BCUT2D eigenvalue weighted by Gasteiger charge is 2.21. The van der Waals surface area contributed by atoms with Crippen LogP contribution in [0.5, 0.6) is 0 Å². The molecule has 0 radical (unpaired) electrons. The minimum Gasteiger partial charge on any atom is -0.451 e. The van der Waals surface area contributed by atoms with Gasteiger partial charge in [-0.2, -0.15) is 0 Å². The molecule has 4 heterocycles. The summed E-state index contributed by atoms with van der Waals surface area (Å²) in [6.45, 7) is 1.90. The summed E-state index contributed by atoms with van der Waals surface area (Å²) in [7, 11) is 0. The zero-order valence-electron chi connectivity index (χ0n) is 14.8. The molecule has 0 atom stereocenters. The van der Waals surface area contributed by atoms with Gasteiger partial charge in [-0.3, -0.25) is 10.1 Å². The number of para-hydroxylation sites is 1. The van der Waals surface area contributed by atoms with Gasteiger partial charge in [0.1, 0.15) is 11.3 Å². The largest absolute Gasteiger partial charge is 0.451 e. The maximum absolute atomic E-state index is 12.9. The van der Waals surface area contributed by atoms with E-state index in [1.807, 2.05) is 60.1 Å². The lowest BCUT2D eigenvalue weighted by atomic mass is 10.1. The fourth-order valence-electron chi connectivity index (χ4n) is 3.07. The van der Waals surface area contributed by atoms with Crippen LogP contribution in [0.2, 0.25) is 0 Å². The monoisotopic (exact) mass is 422 g/mol. The van der Waals surface area contributed by atoms with E-state index in [0.717, 1.165) is 31.3 Å². The topological polar surface area (TPSA) is 55.1 Å². The standard InChI is InChI=1S/C21H14N2O2S3/c1-12-13-6-2-3-7-14(13)25-18(12)20(24)23-21-22-17(15-8-4-10-26-15)19(28-21)16-9-5-11-27-16/h2-11H,1H3,(H,22,23,24). The van der Waals surface area contributed by atoms with Gasteiger partial charge >= 0.3 is 0 Å². The summed E-state index contributed by atoms with van der Waals surface area (Å²) in [4.78, 5) is 20.9. The Hall–Kier alpha value is -2.74. The lowest BCUT2D eigenvalue weighted by molar-refractivity contribution is 0.0998. The van der Waals surface area contributed by atoms with Crippen molar-refractivity contribution < 1.29 is 9.21 Å². The van der Waals surface area contributed by atoms with Crippen LogP contribution in [0.3, 0.4) is 0 Å². The van der Waals surface area contributed by atoms with Gasteiger partial charge in [-0.25, -0.2) is 4.98 Å². The van der Waals surface area contributed by atoms with Crippen molar-refractivity contribution in [2.24, 2.45) is 0 Å². The van der Waals surface area contributed by atoms with Crippen LogP contribution in [0.15, 0.2) is 63.7 Å². The Labute approximate surface area is 173 Å². The predicted octanol–water partition coefficient (Wildman–Crippen LogP) is 6.91. The maximum atomic E-state index is 12.9. The first-order chi connectivity index (χ1) is 13.7. The number of benzene rings is 1. The van der Waals surface area contributed by atoms with Crippen molar-refractivity contribution in [2.45, 2.75) is 6.92 Å². The molecule has 0 saturated carbocycles. The van der Waals surface area contributed by atoms with Crippen LogP contribution in [-0.4, -0.2) is 10.9 Å². The Bertz CT molecular complexity index is 1210. The number of aryl methyl sites for hydroxylation is 1. The number of nitrogens with one attached hydrogen (secondary N) is 1. The SMILES string of the molecule is Cc1c(C(=O)Nc2nc(-c3cccs3)c(-c3cccs3)s2)oc2ccccc12. The van der Waals surface area contributed by atoms with Gasteiger partial charge in [0.05, 0.1) is 9.75 Å². The first-order valence-corrected chi connectivity index (χ1v) is 11.2. The van der Waals surface area contributed by atoms with E-state index < -0.39 is 0 Å². The van der Waals surface area contributed by atoms with E-state index in [1.54, 1.807) is 22.7 Å². The van der Waals surface area contributed by atoms with E-state index in [2.05, 4.69) is 11.4 Å². The number of thiophene rings is 2. The number of amides is 1. The van der Waals surface area contributed by atoms with Crippen molar-refractivity contribution in [1.82, 2.24) is 4.98 Å². The number of aromatic nitrogens is 1. The average Bonchev–Trinajstić information content (AvgIpc) is 3.48. The molecule has 0 unspecified atom stereocenters. The highest BCUT2D eigenvalue weighted by molar-refractivity contribution is 7.24. The van der Waals surface area contributed by atoms with Crippen molar-refractivity contribution in [3.05, 3.63) is 70.6 Å². The number of nitrogens with zero attached hydrogens (tertiary/aromatic N) is 1. The fourth-order valence-corrected chi connectivity index (χ4v) is 5.69. The molecule has 0 spiro atoms. The van der Waals surface area contributed by atoms with Crippen molar-refractivity contribution in [3.8, 4) is 20.3 Å². The number of fused-ring (bicyclic) bond motifs is 1. The van der Waals surface area contributed by atoms with E-state index >= 15 is 0 Å². The number of furan rings is 1. The van der Waals surface area contributed by atoms with Crippen LogP contribution in [0, 0.1) is 6.92 Å². The Kier molecular flexibility index (Phi) is 4.35. The normalized spacial score (nSPS) is 11.2. The minimum atomic E-state index is -0.280. The second-order valence-corrected chi connectivity index (χ2v) is 9.05. The third kappa shape index (κ3) is 2.97. The van der Waals surface area contributed by atoms with Gasteiger partial charge in [-0.15, -0.1) is 22.7 Å². The molecule has 28 heavy (non-hydrogen) atoms. The molecule has 0 saturated heterocycles. The van der Waals surface area contributed by atoms with Crippen LogP contribution in [0.1, 0.15) is 16.1 Å². The van der Waals surface area contributed by atoms with Gasteiger partial charge < -0.3 is 4.42 Å². The zero-order valence-corrected chi connectivity index (χ0v) is 17.2. The second-order valence-electron chi connectivity index (χ2n) is 6.16. The van der Waals surface area contributed by atoms with E-state index in [-0.39, 0.29) is 5.91 Å². The number of thiazole rings is 1. The van der Waals surface area contributed by atoms with E-state index in [4.69, 9.17) is 9.40 Å². The third-order valence-corrected chi connectivity index (χ3v) is 7.29. The smallest absolute Gasteiger partial charge is 0.293 e. The molecule has 1 amide bonds. The van der Waals surface area contributed by atoms with Crippen LogP contribution in [0.25, 0.3) is 31.3 Å². The summed E-state index contributed by atoms with van der Waals surface area (Å²) < 4.78 is 5.78. The van der Waals surface area contributed by atoms with Crippen molar-refractivity contribution in [1.29, 1.82) is 0 Å². The third-order valence-electron chi connectivity index (χ3n) is 4.40. The Morgan fingerprint density at radius 2 is 1.75 bits per heavy atom. The number of anilines is 1. The van der Waals surface area contributed by atoms with E-state index in [0.29, 0.717) is 16.5 Å². The molecule has 7 heteroatoms. The highest BCUT2D eigenvalue weighted by atomic mass is 32.1. The lowest BCUT2D eigenvalue weighted by Crippen LogP contribution is -2.11. The van der Waals surface area contributed by atoms with Gasteiger partial charge in [0.15, 0.2) is 10.9 Å². The van der Waals surface area contributed by atoms with Gasteiger partial charge in [0, 0.05) is 15.8 Å². The summed E-state index contributed by atoms with van der Waals surface area (Å²) in [5.41, 5.74) is 2.45.